The van der Waals surface area contributed by atoms with Gasteiger partial charge in [0, 0.05) is 11.8 Å². The lowest BCUT2D eigenvalue weighted by atomic mass is 10.0. The van der Waals surface area contributed by atoms with Crippen LogP contribution in [0.1, 0.15) is 33.6 Å². The summed E-state index contributed by atoms with van der Waals surface area (Å²) in [4.78, 5) is 13.6. The Hall–Kier alpha value is -1.53. The molecule has 16 heavy (non-hydrogen) atoms. The number of hydrogen-bond acceptors (Lipinski definition) is 2. The number of hydrogen-bond donors (Lipinski definition) is 0. The number of carbonyl (C=O) groups is 1. The van der Waals surface area contributed by atoms with Crippen molar-refractivity contribution in [2.45, 2.75) is 19.5 Å². The zero-order valence-electron chi connectivity index (χ0n) is 7.98. The molecule has 0 atom stereocenters. The van der Waals surface area contributed by atoms with Crippen molar-refractivity contribution < 1.29 is 26.7 Å². The van der Waals surface area contributed by atoms with Gasteiger partial charge in [0.25, 0.3) is 6.43 Å². The molecule has 0 saturated heterocycles. The SMILES string of the molecule is Cc1c(C=O)ncc(C(F)(F)F)c1C(F)F. The molecule has 0 N–H and O–H groups in total. The van der Waals surface area contributed by atoms with Gasteiger partial charge in [0.1, 0.15) is 5.69 Å². The van der Waals surface area contributed by atoms with E-state index >= 15 is 0 Å². The maximum absolute atomic E-state index is 12.5. The smallest absolute Gasteiger partial charge is 0.296 e. The van der Waals surface area contributed by atoms with Crippen molar-refractivity contribution in [3.05, 3.63) is 28.6 Å². The molecule has 0 aliphatic rings. The lowest BCUT2D eigenvalue weighted by Crippen LogP contribution is -2.13. The van der Waals surface area contributed by atoms with E-state index < -0.39 is 35.0 Å². The van der Waals surface area contributed by atoms with Crippen molar-refractivity contribution in [2.24, 2.45) is 0 Å². The molecule has 0 bridgehead atoms. The molecule has 0 amide bonds. The number of aromatic nitrogens is 1. The molecule has 0 spiro atoms. The largest absolute Gasteiger partial charge is 0.418 e. The van der Waals surface area contributed by atoms with E-state index in [9.17, 15) is 26.7 Å². The normalized spacial score (nSPS) is 11.9. The molecule has 1 aromatic heterocycles. The summed E-state index contributed by atoms with van der Waals surface area (Å²) in [7, 11) is 0. The van der Waals surface area contributed by atoms with Gasteiger partial charge in [-0.25, -0.2) is 8.78 Å². The van der Waals surface area contributed by atoms with Crippen LogP contribution in [0.2, 0.25) is 0 Å². The Bertz CT molecular complexity index is 413. The van der Waals surface area contributed by atoms with Gasteiger partial charge >= 0.3 is 6.18 Å². The van der Waals surface area contributed by atoms with Crippen LogP contribution in [0.25, 0.3) is 0 Å². The average Bonchev–Trinajstić information content (AvgIpc) is 2.15. The van der Waals surface area contributed by atoms with Crippen LogP contribution in [-0.2, 0) is 6.18 Å². The van der Waals surface area contributed by atoms with Crippen molar-refractivity contribution in [3.63, 3.8) is 0 Å². The van der Waals surface area contributed by atoms with Crippen molar-refractivity contribution in [1.29, 1.82) is 0 Å². The molecule has 0 fully saturated rings. The van der Waals surface area contributed by atoms with Crippen LogP contribution in [0.4, 0.5) is 22.0 Å². The third-order valence-corrected chi connectivity index (χ3v) is 2.05. The van der Waals surface area contributed by atoms with Gasteiger partial charge < -0.3 is 0 Å². The first kappa shape index (κ1) is 12.5. The lowest BCUT2D eigenvalue weighted by Gasteiger charge is -2.14. The third-order valence-electron chi connectivity index (χ3n) is 2.05. The molecule has 0 radical (unpaired) electrons. The first-order chi connectivity index (χ1) is 7.29. The first-order valence-electron chi connectivity index (χ1n) is 4.09. The molecule has 2 nitrogen and oxygen atoms in total. The minimum atomic E-state index is -4.91. The fraction of sp³-hybridized carbons (Fsp3) is 0.333. The lowest BCUT2D eigenvalue weighted by molar-refractivity contribution is -0.139. The molecule has 1 rings (SSSR count). The summed E-state index contributed by atoms with van der Waals surface area (Å²) in [6.45, 7) is 1.01. The van der Waals surface area contributed by atoms with E-state index in [2.05, 4.69) is 4.98 Å². The summed E-state index contributed by atoms with van der Waals surface area (Å²) < 4.78 is 62.1. The number of carbonyl (C=O) groups excluding carboxylic acids is 1. The predicted molar refractivity (Wildman–Crippen MR) is 44.3 cm³/mol. The minimum absolute atomic E-state index is 0.140. The fourth-order valence-corrected chi connectivity index (χ4v) is 1.27. The van der Waals surface area contributed by atoms with E-state index in [0.29, 0.717) is 0 Å². The van der Waals surface area contributed by atoms with Crippen molar-refractivity contribution in [3.8, 4) is 0 Å². The van der Waals surface area contributed by atoms with E-state index in [0.717, 1.165) is 6.92 Å². The highest BCUT2D eigenvalue weighted by atomic mass is 19.4. The summed E-state index contributed by atoms with van der Waals surface area (Å²) in [6, 6.07) is 0. The maximum atomic E-state index is 12.5. The van der Waals surface area contributed by atoms with Gasteiger partial charge in [0.2, 0.25) is 0 Å². The van der Waals surface area contributed by atoms with Crippen LogP contribution in [0.15, 0.2) is 6.20 Å². The minimum Gasteiger partial charge on any atom is -0.296 e. The monoisotopic (exact) mass is 239 g/mol. The Morgan fingerprint density at radius 1 is 1.38 bits per heavy atom. The summed E-state index contributed by atoms with van der Waals surface area (Å²) in [5.41, 5.74) is -3.56. The second-order valence-electron chi connectivity index (χ2n) is 3.01. The number of halogens is 5. The van der Waals surface area contributed by atoms with Crippen LogP contribution >= 0.6 is 0 Å². The molecule has 0 aliphatic heterocycles. The van der Waals surface area contributed by atoms with Crippen LogP contribution < -0.4 is 0 Å². The molecule has 0 unspecified atom stereocenters. The van der Waals surface area contributed by atoms with E-state index in [1.54, 1.807) is 0 Å². The first-order valence-corrected chi connectivity index (χ1v) is 4.09. The zero-order valence-corrected chi connectivity index (χ0v) is 7.98. The Kier molecular flexibility index (Phi) is 3.25. The van der Waals surface area contributed by atoms with Gasteiger partial charge in [-0.2, -0.15) is 13.2 Å². The van der Waals surface area contributed by atoms with Crippen molar-refractivity contribution in [1.82, 2.24) is 4.98 Å². The molecule has 0 aliphatic carbocycles. The van der Waals surface area contributed by atoms with Gasteiger partial charge in [-0.05, 0) is 12.5 Å². The molecular weight excluding hydrogens is 233 g/mol. The zero-order chi connectivity index (χ0) is 12.5. The Morgan fingerprint density at radius 2 is 1.94 bits per heavy atom. The molecule has 0 saturated carbocycles. The average molecular weight is 239 g/mol. The Morgan fingerprint density at radius 3 is 2.31 bits per heavy atom. The summed E-state index contributed by atoms with van der Waals surface area (Å²) in [6.07, 6.45) is -7.83. The van der Waals surface area contributed by atoms with Crippen LogP contribution in [0.5, 0.6) is 0 Å². The molecule has 1 aromatic rings. The number of alkyl halides is 5. The fourth-order valence-electron chi connectivity index (χ4n) is 1.27. The quantitative estimate of drug-likeness (QED) is 0.586. The molecule has 7 heteroatoms. The number of aldehydes is 1. The molecule has 88 valence electrons. The molecule has 0 aromatic carbocycles. The topological polar surface area (TPSA) is 30.0 Å². The van der Waals surface area contributed by atoms with E-state index in [1.807, 2.05) is 0 Å². The Balaban J connectivity index is 3.53. The third kappa shape index (κ3) is 2.17. The predicted octanol–water partition coefficient (Wildman–Crippen LogP) is 3.16. The number of pyridine rings is 1. The molecule has 1 heterocycles. The second kappa shape index (κ2) is 4.15. The van der Waals surface area contributed by atoms with Crippen molar-refractivity contribution >= 4 is 6.29 Å². The van der Waals surface area contributed by atoms with E-state index in [-0.39, 0.29) is 12.5 Å². The second-order valence-corrected chi connectivity index (χ2v) is 3.01. The van der Waals surface area contributed by atoms with Gasteiger partial charge in [0.15, 0.2) is 6.29 Å². The summed E-state index contributed by atoms with van der Waals surface area (Å²) in [5.74, 6) is 0. The van der Waals surface area contributed by atoms with Gasteiger partial charge in [-0.3, -0.25) is 9.78 Å². The van der Waals surface area contributed by atoms with Gasteiger partial charge in [-0.1, -0.05) is 0 Å². The van der Waals surface area contributed by atoms with Gasteiger partial charge in [0.05, 0.1) is 5.56 Å². The van der Waals surface area contributed by atoms with Gasteiger partial charge in [-0.15, -0.1) is 0 Å². The van der Waals surface area contributed by atoms with Crippen LogP contribution in [-0.4, -0.2) is 11.3 Å². The highest BCUT2D eigenvalue weighted by molar-refractivity contribution is 5.75. The van der Waals surface area contributed by atoms with Crippen molar-refractivity contribution in [2.75, 3.05) is 0 Å². The Labute approximate surface area is 87.1 Å². The number of rotatable bonds is 2. The standard InChI is InChI=1S/C9H6F5NO/c1-4-6(3-16)15-2-5(9(12,13)14)7(4)8(10)11/h2-3,8H,1H3. The maximum Gasteiger partial charge on any atom is 0.418 e. The highest BCUT2D eigenvalue weighted by Gasteiger charge is 2.37. The highest BCUT2D eigenvalue weighted by Crippen LogP contribution is 2.37. The number of nitrogens with zero attached hydrogens (tertiary/aromatic N) is 1. The summed E-state index contributed by atoms with van der Waals surface area (Å²) in [5, 5.41) is 0. The van der Waals surface area contributed by atoms with Crippen LogP contribution in [0.3, 0.4) is 0 Å². The molecular formula is C9H6F5NO. The van der Waals surface area contributed by atoms with Crippen LogP contribution in [0, 0.1) is 6.92 Å². The summed E-state index contributed by atoms with van der Waals surface area (Å²) >= 11 is 0. The van der Waals surface area contributed by atoms with E-state index in [1.165, 1.54) is 0 Å². The van der Waals surface area contributed by atoms with E-state index in [4.69, 9.17) is 0 Å².